The van der Waals surface area contributed by atoms with Gasteiger partial charge >= 0.3 is 7.80 Å². The number of halogens is 1. The molecule has 0 radical (unpaired) electrons. The Kier molecular flexibility index (Phi) is 13.8. The van der Waals surface area contributed by atoms with Crippen LogP contribution in [0.4, 0.5) is 0 Å². The van der Waals surface area contributed by atoms with Gasteiger partial charge in [-0.25, -0.2) is 9.97 Å². The Morgan fingerprint density at radius 3 is 1.20 bits per heavy atom. The average molecular weight is 1180 g/mol. The molecule has 0 amide bonds. The standard InChI is InChI=1S/C38H26N3OP.C36H20ClN3.C2H6OP/c1-43(2,42)31-16-13-26-11-12-27(19-30(26)20-31)29-14-17-33-32-5-3-4-6-34(32)38-40-35-18-15-28(22-37(35)41(38)36(33)21-29)25-9-7-24(23-39)8-10-25;37-29-14-11-24-9-10-25(17-28(24)18-29)27-12-15-31-30-3-1-2-4-32(30)36-39-33-16-13-26(20-35(33)40(36)34(31)19-27)23-7-5-22(21-38)6-8-23;1-4(2)3/h3-22H,1-2H3;1-20H;1-2H3/q;;+1. The lowest BCUT2D eigenvalue weighted by Crippen LogP contribution is -2.01. The smallest absolute Gasteiger partial charge is 0.319 e. The number of benzene rings is 12. The maximum atomic E-state index is 12.8. The van der Waals surface area contributed by atoms with E-state index in [0.717, 1.165) is 132 Å². The third-order valence-electron chi connectivity index (χ3n) is 16.3. The number of nitrogens with zero attached hydrogens (tertiary/aromatic N) is 6. The minimum Gasteiger partial charge on any atom is -0.319 e. The van der Waals surface area contributed by atoms with E-state index in [-0.39, 0.29) is 0 Å². The Hall–Kier alpha value is -10.3. The molecule has 4 heterocycles. The number of pyridine rings is 2. The fourth-order valence-corrected chi connectivity index (χ4v) is 13.1. The van der Waals surface area contributed by atoms with Crippen LogP contribution in [0.2, 0.25) is 5.02 Å². The van der Waals surface area contributed by atoms with Gasteiger partial charge in [-0.15, -0.1) is 0 Å². The van der Waals surface area contributed by atoms with Gasteiger partial charge in [0, 0.05) is 31.9 Å². The van der Waals surface area contributed by atoms with Gasteiger partial charge in [0.05, 0.1) is 56.4 Å². The van der Waals surface area contributed by atoms with Crippen LogP contribution in [0, 0.1) is 22.7 Å². The van der Waals surface area contributed by atoms with Crippen LogP contribution in [0.5, 0.6) is 0 Å². The molecule has 0 fully saturated rings. The predicted octanol–water partition coefficient (Wildman–Crippen LogP) is 20.3. The highest BCUT2D eigenvalue weighted by atomic mass is 35.5. The third kappa shape index (κ3) is 10.1. The second-order valence-electron chi connectivity index (χ2n) is 22.5. The molecular weight excluding hydrogens is 1130 g/mol. The summed E-state index contributed by atoms with van der Waals surface area (Å²) in [5.74, 6) is 0. The molecule has 0 aliphatic heterocycles. The van der Waals surface area contributed by atoms with Crippen molar-refractivity contribution in [3.05, 3.63) is 259 Å². The summed E-state index contributed by atoms with van der Waals surface area (Å²) in [7, 11) is -3.23. The Labute approximate surface area is 507 Å². The molecule has 8 nitrogen and oxygen atoms in total. The summed E-state index contributed by atoms with van der Waals surface area (Å²) in [5, 5.41) is 31.5. The number of rotatable bonds is 5. The fourth-order valence-electron chi connectivity index (χ4n) is 12.1. The van der Waals surface area contributed by atoms with Gasteiger partial charge in [-0.05, 0) is 181 Å². The van der Waals surface area contributed by atoms with Crippen molar-refractivity contribution in [1.82, 2.24) is 18.8 Å². The highest BCUT2D eigenvalue weighted by Crippen LogP contribution is 2.40. The highest BCUT2D eigenvalue weighted by Gasteiger charge is 2.19. The number of fused-ring (bicyclic) bond motifs is 18. The lowest BCUT2D eigenvalue weighted by Gasteiger charge is -2.12. The minimum atomic E-state index is -2.36. The zero-order valence-electron chi connectivity index (χ0n) is 47.9. The molecular formula is C76H52ClN6O2P2+. The Morgan fingerprint density at radius 2 is 0.747 bits per heavy atom. The molecule has 0 saturated heterocycles. The Balaban J connectivity index is 0.000000145. The number of hydrogen-bond donors (Lipinski definition) is 0. The van der Waals surface area contributed by atoms with Gasteiger partial charge in [0.15, 0.2) is 0 Å². The van der Waals surface area contributed by atoms with E-state index in [1.54, 1.807) is 13.3 Å². The Bertz CT molecular complexity index is 5670. The molecule has 4 aromatic heterocycles. The largest absolute Gasteiger partial charge is 0.332 e. The van der Waals surface area contributed by atoms with E-state index in [9.17, 15) is 19.7 Å². The Morgan fingerprint density at radius 1 is 0.391 bits per heavy atom. The van der Waals surface area contributed by atoms with Crippen LogP contribution >= 0.6 is 26.5 Å². The van der Waals surface area contributed by atoms with Gasteiger partial charge in [0.2, 0.25) is 0 Å². The molecule has 0 N–H and O–H groups in total. The zero-order chi connectivity index (χ0) is 59.7. The fraction of sp³-hybridized carbons (Fsp3) is 0.0526. The first-order chi connectivity index (χ1) is 42.3. The van der Waals surface area contributed by atoms with E-state index in [4.69, 9.17) is 21.6 Å². The molecule has 11 heteroatoms. The van der Waals surface area contributed by atoms with Gasteiger partial charge in [-0.1, -0.05) is 168 Å². The lowest BCUT2D eigenvalue weighted by molar-refractivity contribution is 0.588. The minimum absolute atomic E-state index is 0.646. The van der Waals surface area contributed by atoms with Crippen molar-refractivity contribution in [1.29, 1.82) is 10.5 Å². The summed E-state index contributed by atoms with van der Waals surface area (Å²) in [5.41, 5.74) is 18.1. The van der Waals surface area contributed by atoms with E-state index in [1.165, 1.54) is 21.5 Å². The molecule has 16 rings (SSSR count). The molecule has 0 aliphatic carbocycles. The maximum Gasteiger partial charge on any atom is 0.332 e. The summed E-state index contributed by atoms with van der Waals surface area (Å²) in [6, 6.07) is 88.1. The van der Waals surface area contributed by atoms with Gasteiger partial charge in [0.25, 0.3) is 0 Å². The van der Waals surface area contributed by atoms with Crippen molar-refractivity contribution in [2.45, 2.75) is 0 Å². The SMILES string of the molecule is CP(C)(=O)c1ccc2ccc(-c3ccc4c5ccccc5c5nc6ccc(-c7ccc(C#N)cc7)cc6n5c4c3)cc2c1.C[P+](C)=O.N#Cc1ccc(-c2ccc3nc4c5ccccc5c5ccc(-c6ccc7ccc(Cl)cc7c6)cc5n4c3c2)cc1. The van der Waals surface area contributed by atoms with Crippen molar-refractivity contribution in [2.24, 2.45) is 0 Å². The third-order valence-corrected chi connectivity index (χ3v) is 18.1. The molecule has 0 aliphatic rings. The number of aromatic nitrogens is 4. The summed E-state index contributed by atoms with van der Waals surface area (Å²) < 4.78 is 27.0. The monoisotopic (exact) mass is 1180 g/mol. The first-order valence-corrected chi connectivity index (χ1v) is 33.6. The van der Waals surface area contributed by atoms with Crippen molar-refractivity contribution < 1.29 is 9.13 Å². The lowest BCUT2D eigenvalue weighted by atomic mass is 9.98. The van der Waals surface area contributed by atoms with E-state index < -0.39 is 14.9 Å². The van der Waals surface area contributed by atoms with Gasteiger partial charge < -0.3 is 4.57 Å². The predicted molar refractivity (Wildman–Crippen MR) is 365 cm³/mol. The van der Waals surface area contributed by atoms with Crippen LogP contribution in [0.1, 0.15) is 11.1 Å². The highest BCUT2D eigenvalue weighted by molar-refractivity contribution is 7.70. The van der Waals surface area contributed by atoms with Crippen molar-refractivity contribution in [2.75, 3.05) is 26.7 Å². The van der Waals surface area contributed by atoms with Crippen LogP contribution in [0.15, 0.2) is 243 Å². The quantitative estimate of drug-likeness (QED) is 0.125. The van der Waals surface area contributed by atoms with Crippen molar-refractivity contribution in [3.63, 3.8) is 0 Å². The normalized spacial score (nSPS) is 11.6. The molecule has 0 spiro atoms. The molecule has 414 valence electrons. The van der Waals surface area contributed by atoms with Gasteiger partial charge in [0.1, 0.15) is 31.8 Å². The topological polar surface area (TPSA) is 116 Å². The maximum absolute atomic E-state index is 12.8. The van der Waals surface area contributed by atoms with Crippen LogP contribution in [0.3, 0.4) is 0 Å². The summed E-state index contributed by atoms with van der Waals surface area (Å²) in [6.07, 6.45) is 0. The number of nitriles is 2. The van der Waals surface area contributed by atoms with Crippen LogP contribution in [-0.2, 0) is 9.13 Å². The molecule has 0 unspecified atom stereocenters. The van der Waals surface area contributed by atoms with Crippen molar-refractivity contribution >= 4 is 130 Å². The molecule has 0 saturated carbocycles. The summed E-state index contributed by atoms with van der Waals surface area (Å²) >= 11 is 6.31. The van der Waals surface area contributed by atoms with Crippen molar-refractivity contribution in [3.8, 4) is 56.6 Å². The first kappa shape index (κ1) is 54.6. The van der Waals surface area contributed by atoms with Crippen LogP contribution in [0.25, 0.3) is 143 Å². The molecule has 87 heavy (non-hydrogen) atoms. The van der Waals surface area contributed by atoms with Crippen LogP contribution in [-0.4, -0.2) is 45.4 Å². The average Bonchev–Trinajstić information content (AvgIpc) is 1.69. The van der Waals surface area contributed by atoms with Gasteiger partial charge in [-0.3, -0.25) is 8.80 Å². The van der Waals surface area contributed by atoms with E-state index in [2.05, 4.69) is 197 Å². The van der Waals surface area contributed by atoms with E-state index in [1.807, 2.05) is 80.1 Å². The molecule has 0 atom stereocenters. The second-order valence-corrected chi connectivity index (χ2v) is 27.8. The number of hydrogen-bond acceptors (Lipinski definition) is 6. The first-order valence-electron chi connectivity index (χ1n) is 28.5. The van der Waals surface area contributed by atoms with E-state index >= 15 is 0 Å². The zero-order valence-corrected chi connectivity index (χ0v) is 50.4. The van der Waals surface area contributed by atoms with E-state index in [0.29, 0.717) is 11.1 Å². The summed E-state index contributed by atoms with van der Waals surface area (Å²) in [4.78, 5) is 10.2. The number of imidazole rings is 2. The molecule has 12 aromatic carbocycles. The second kappa shape index (κ2) is 22.0. The molecule has 16 aromatic rings. The van der Waals surface area contributed by atoms with Gasteiger partial charge in [-0.2, -0.15) is 10.5 Å². The molecule has 0 bridgehead atoms. The van der Waals surface area contributed by atoms with Crippen LogP contribution < -0.4 is 5.30 Å². The summed E-state index contributed by atoms with van der Waals surface area (Å²) in [6.45, 7) is 6.99.